The molecule has 0 aliphatic heterocycles. The summed E-state index contributed by atoms with van der Waals surface area (Å²) in [4.78, 5) is 19.5. The van der Waals surface area contributed by atoms with Crippen molar-refractivity contribution < 1.29 is 14.6 Å². The second-order valence-electron chi connectivity index (χ2n) is 4.00. The van der Waals surface area contributed by atoms with Crippen molar-refractivity contribution in [2.24, 2.45) is 0 Å². The summed E-state index contributed by atoms with van der Waals surface area (Å²) in [7, 11) is 1.55. The molecule has 0 aliphatic rings. The third kappa shape index (κ3) is 3.11. The number of hydrogen-bond acceptors (Lipinski definition) is 5. The number of aliphatic carboxylic acids is 1. The summed E-state index contributed by atoms with van der Waals surface area (Å²) >= 11 is 1.18. The summed E-state index contributed by atoms with van der Waals surface area (Å²) in [6.45, 7) is 4.35. The number of fused-ring (bicyclic) bond motifs is 1. The number of carbonyl (C=O) groups is 1. The van der Waals surface area contributed by atoms with Crippen molar-refractivity contribution in [3.05, 3.63) is 24.8 Å². The Kier molecular flexibility index (Phi) is 4.62. The van der Waals surface area contributed by atoms with E-state index >= 15 is 0 Å². The van der Waals surface area contributed by atoms with Crippen molar-refractivity contribution in [3.63, 3.8) is 0 Å². The summed E-state index contributed by atoms with van der Waals surface area (Å²) < 4.78 is 7.01. The van der Waals surface area contributed by atoms with Crippen molar-refractivity contribution >= 4 is 28.9 Å². The third-order valence-corrected chi connectivity index (χ3v) is 3.58. The average Bonchev–Trinajstić information content (AvgIpc) is 2.79. The zero-order valence-electron chi connectivity index (χ0n) is 11.1. The van der Waals surface area contributed by atoms with E-state index < -0.39 is 5.97 Å². The van der Waals surface area contributed by atoms with Gasteiger partial charge in [0.15, 0.2) is 10.8 Å². The molecule has 0 radical (unpaired) electrons. The molecule has 0 saturated heterocycles. The van der Waals surface area contributed by atoms with Crippen molar-refractivity contribution in [1.82, 2.24) is 14.5 Å². The molecule has 2 heterocycles. The number of ether oxygens (including phenoxy) is 1. The van der Waals surface area contributed by atoms with Gasteiger partial charge in [0.2, 0.25) is 5.88 Å². The van der Waals surface area contributed by atoms with Gasteiger partial charge in [0.1, 0.15) is 5.52 Å². The molecule has 1 N–H and O–H groups in total. The number of hydrogen-bond donors (Lipinski definition) is 1. The van der Waals surface area contributed by atoms with E-state index in [4.69, 9.17) is 9.84 Å². The normalized spacial score (nSPS) is 10.7. The highest BCUT2D eigenvalue weighted by Gasteiger charge is 2.14. The van der Waals surface area contributed by atoms with Crippen LogP contribution in [-0.4, -0.2) is 38.5 Å². The molecule has 0 aliphatic carbocycles. The van der Waals surface area contributed by atoms with Crippen molar-refractivity contribution in [2.75, 3.05) is 12.9 Å². The quantitative estimate of drug-likeness (QED) is 0.623. The van der Waals surface area contributed by atoms with Gasteiger partial charge in [0.25, 0.3) is 0 Å². The second-order valence-corrected chi connectivity index (χ2v) is 4.94. The molecule has 0 unspecified atom stereocenters. The number of imidazole rings is 1. The molecular weight excluding hydrogens is 278 g/mol. The number of carboxylic acid groups (broad SMARTS) is 1. The van der Waals surface area contributed by atoms with Gasteiger partial charge in [0, 0.05) is 12.6 Å². The highest BCUT2D eigenvalue weighted by molar-refractivity contribution is 7.99. The van der Waals surface area contributed by atoms with Gasteiger partial charge in [-0.15, -0.1) is 6.58 Å². The maximum Gasteiger partial charge on any atom is 0.313 e. The zero-order chi connectivity index (χ0) is 14.5. The minimum atomic E-state index is -0.872. The lowest BCUT2D eigenvalue weighted by molar-refractivity contribution is -0.133. The van der Waals surface area contributed by atoms with Crippen LogP contribution in [0, 0.1) is 0 Å². The van der Waals surface area contributed by atoms with Gasteiger partial charge in [-0.3, -0.25) is 4.79 Å². The molecule has 0 spiro atoms. The number of thioether (sulfide) groups is 1. The van der Waals surface area contributed by atoms with E-state index in [0.717, 1.165) is 11.9 Å². The molecule has 106 valence electrons. The fourth-order valence-corrected chi connectivity index (χ4v) is 2.48. The summed E-state index contributed by atoms with van der Waals surface area (Å²) in [5.74, 6) is -0.399. The highest BCUT2D eigenvalue weighted by atomic mass is 32.2. The van der Waals surface area contributed by atoms with Crippen molar-refractivity contribution in [1.29, 1.82) is 0 Å². The molecular formula is C13H15N3O3S. The molecule has 2 aromatic rings. The summed E-state index contributed by atoms with van der Waals surface area (Å²) in [6.07, 6.45) is 2.56. The Morgan fingerprint density at radius 3 is 3.00 bits per heavy atom. The number of carboxylic acids is 1. The monoisotopic (exact) mass is 293 g/mol. The lowest BCUT2D eigenvalue weighted by Gasteiger charge is -2.06. The number of methoxy groups -OCH3 is 1. The minimum Gasteiger partial charge on any atom is -0.481 e. The number of pyridine rings is 1. The summed E-state index contributed by atoms with van der Waals surface area (Å²) in [6, 6.07) is 3.55. The molecule has 20 heavy (non-hydrogen) atoms. The van der Waals surface area contributed by atoms with E-state index in [0.29, 0.717) is 23.2 Å². The molecule has 0 bridgehead atoms. The Morgan fingerprint density at radius 2 is 2.35 bits per heavy atom. The summed E-state index contributed by atoms with van der Waals surface area (Å²) in [5, 5.41) is 9.43. The maximum atomic E-state index is 10.7. The fourth-order valence-electron chi connectivity index (χ4n) is 1.74. The Labute approximate surface area is 120 Å². The Balaban J connectivity index is 2.43. The SMILES string of the molecule is C=CCCn1c(SCC(=O)O)nc2ccc(OC)nc21. The lowest BCUT2D eigenvalue weighted by Crippen LogP contribution is -2.04. The van der Waals surface area contributed by atoms with Crippen LogP contribution in [-0.2, 0) is 11.3 Å². The van der Waals surface area contributed by atoms with Crippen molar-refractivity contribution in [3.8, 4) is 5.88 Å². The number of aromatic nitrogens is 3. The second kappa shape index (κ2) is 6.42. The number of aryl methyl sites for hydroxylation is 1. The third-order valence-electron chi connectivity index (χ3n) is 2.62. The summed E-state index contributed by atoms with van der Waals surface area (Å²) in [5.41, 5.74) is 1.42. The van der Waals surface area contributed by atoms with Crippen LogP contribution in [0.5, 0.6) is 5.88 Å². The standard InChI is InChI=1S/C13H15N3O3S/c1-3-4-7-16-12-9(5-6-10(15-12)19-2)14-13(16)20-8-11(17)18/h3,5-6H,1,4,7-8H2,2H3,(H,17,18). The van der Waals surface area contributed by atoms with E-state index in [1.807, 2.05) is 10.6 Å². The first-order valence-electron chi connectivity index (χ1n) is 6.02. The predicted molar refractivity (Wildman–Crippen MR) is 77.3 cm³/mol. The molecule has 7 heteroatoms. The molecule has 0 aromatic carbocycles. The Morgan fingerprint density at radius 1 is 1.55 bits per heavy atom. The van der Waals surface area contributed by atoms with Crippen LogP contribution in [0.3, 0.4) is 0 Å². The van der Waals surface area contributed by atoms with Gasteiger partial charge in [-0.1, -0.05) is 17.8 Å². The van der Waals surface area contributed by atoms with E-state index in [1.54, 1.807) is 19.3 Å². The van der Waals surface area contributed by atoms with Crippen LogP contribution >= 0.6 is 11.8 Å². The lowest BCUT2D eigenvalue weighted by atomic mass is 10.4. The van der Waals surface area contributed by atoms with Crippen LogP contribution in [0.2, 0.25) is 0 Å². The minimum absolute atomic E-state index is 0.0332. The zero-order valence-corrected chi connectivity index (χ0v) is 11.9. The Bertz CT molecular complexity index is 639. The van der Waals surface area contributed by atoms with Gasteiger partial charge < -0.3 is 14.4 Å². The van der Waals surface area contributed by atoms with Gasteiger partial charge >= 0.3 is 5.97 Å². The van der Waals surface area contributed by atoms with Crippen LogP contribution in [0.25, 0.3) is 11.2 Å². The van der Waals surface area contributed by atoms with E-state index in [9.17, 15) is 4.79 Å². The Hall–Kier alpha value is -2.02. The predicted octanol–water partition coefficient (Wildman–Crippen LogP) is 2.19. The number of nitrogens with zero attached hydrogens (tertiary/aromatic N) is 3. The first kappa shape index (κ1) is 14.4. The largest absolute Gasteiger partial charge is 0.481 e. The van der Waals surface area contributed by atoms with Crippen LogP contribution < -0.4 is 4.74 Å². The van der Waals surface area contributed by atoms with Gasteiger partial charge in [-0.25, -0.2) is 4.98 Å². The van der Waals surface area contributed by atoms with Gasteiger partial charge in [0.05, 0.1) is 12.9 Å². The number of rotatable bonds is 7. The van der Waals surface area contributed by atoms with E-state index in [2.05, 4.69) is 16.5 Å². The van der Waals surface area contributed by atoms with E-state index in [1.165, 1.54) is 11.8 Å². The molecule has 0 saturated carbocycles. The fraction of sp³-hybridized carbons (Fsp3) is 0.308. The molecule has 0 amide bonds. The average molecular weight is 293 g/mol. The van der Waals surface area contributed by atoms with E-state index in [-0.39, 0.29) is 5.75 Å². The molecule has 0 fully saturated rings. The molecule has 6 nitrogen and oxygen atoms in total. The van der Waals surface area contributed by atoms with Crippen LogP contribution in [0.15, 0.2) is 29.9 Å². The van der Waals surface area contributed by atoms with Crippen LogP contribution in [0.4, 0.5) is 0 Å². The first-order chi connectivity index (χ1) is 9.65. The maximum absolute atomic E-state index is 10.7. The number of allylic oxidation sites excluding steroid dienone is 1. The van der Waals surface area contributed by atoms with Crippen LogP contribution in [0.1, 0.15) is 6.42 Å². The topological polar surface area (TPSA) is 77.2 Å². The molecule has 2 rings (SSSR count). The first-order valence-corrected chi connectivity index (χ1v) is 7.01. The van der Waals surface area contributed by atoms with Gasteiger partial charge in [-0.05, 0) is 12.5 Å². The smallest absolute Gasteiger partial charge is 0.313 e. The molecule has 0 atom stereocenters. The van der Waals surface area contributed by atoms with Crippen molar-refractivity contribution in [2.45, 2.75) is 18.1 Å². The highest BCUT2D eigenvalue weighted by Crippen LogP contribution is 2.25. The molecule has 2 aromatic heterocycles. The van der Waals surface area contributed by atoms with Gasteiger partial charge in [-0.2, -0.15) is 4.98 Å².